The van der Waals surface area contributed by atoms with E-state index in [-0.39, 0.29) is 48.9 Å². The molecule has 8 rings (SSSR count). The maximum atomic E-state index is 13.3. The second-order valence-corrected chi connectivity index (χ2v) is 14.7. The van der Waals surface area contributed by atoms with Gasteiger partial charge in [-0.25, -0.2) is 4.79 Å². The van der Waals surface area contributed by atoms with Gasteiger partial charge in [-0.1, -0.05) is 60.7 Å². The average Bonchev–Trinajstić information content (AvgIpc) is 3.23. The number of pyridine rings is 1. The van der Waals surface area contributed by atoms with Gasteiger partial charge in [-0.3, -0.25) is 14.5 Å². The third-order valence-corrected chi connectivity index (χ3v) is 10.9. The minimum atomic E-state index is -0.839. The summed E-state index contributed by atoms with van der Waals surface area (Å²) >= 11 is 0. The summed E-state index contributed by atoms with van der Waals surface area (Å²) in [7, 11) is 0. The van der Waals surface area contributed by atoms with Gasteiger partial charge in [0.1, 0.15) is 24.2 Å². The summed E-state index contributed by atoms with van der Waals surface area (Å²) in [5.74, 6) is 0.353. The topological polar surface area (TPSA) is 150 Å². The van der Waals surface area contributed by atoms with Gasteiger partial charge >= 0.3 is 11.9 Å². The summed E-state index contributed by atoms with van der Waals surface area (Å²) < 4.78 is 17.7. The van der Waals surface area contributed by atoms with E-state index in [1.807, 2.05) is 66.7 Å². The monoisotopic (exact) mass is 759 g/mol. The van der Waals surface area contributed by atoms with Crippen LogP contribution in [0.4, 0.5) is 0 Å². The standard InChI is InChI=1S/C45H49N3O8/c49-39-17-15-36(37-16-18-42(51)47-44(37)39)40(50)27-46-21-4-5-24-54-45(53)33-13-11-30(12-14-33)29-55-35-10-6-9-34(25-35)38(31-7-2-1-3-8-31)26-43(52)56-41-28-48-22-19-32(41)20-23-48/h1-3,6-18,25,32,38,40-41,46,49-50H,4-5,19-24,26-29H2,(H,47,51)/t38?,40-,41-/m0/s1. The molecule has 3 saturated heterocycles. The van der Waals surface area contributed by atoms with Gasteiger partial charge in [-0.05, 0) is 110 Å². The second-order valence-electron chi connectivity index (χ2n) is 14.7. The average molecular weight is 760 g/mol. The van der Waals surface area contributed by atoms with Crippen molar-refractivity contribution in [2.24, 2.45) is 5.92 Å². The summed E-state index contributed by atoms with van der Waals surface area (Å²) in [6, 6.07) is 31.1. The van der Waals surface area contributed by atoms with E-state index >= 15 is 0 Å². The Morgan fingerprint density at radius 1 is 0.893 bits per heavy atom. The summed E-state index contributed by atoms with van der Waals surface area (Å²) in [6.07, 6.45) is 2.95. The lowest BCUT2D eigenvalue weighted by Crippen LogP contribution is -2.52. The first-order chi connectivity index (χ1) is 27.3. The number of fused-ring (bicyclic) bond motifs is 4. The Morgan fingerprint density at radius 3 is 2.45 bits per heavy atom. The molecule has 0 saturated carbocycles. The Hall–Kier alpha value is -5.49. The molecule has 4 N–H and O–H groups in total. The van der Waals surface area contributed by atoms with Crippen molar-refractivity contribution in [2.75, 3.05) is 39.3 Å². The summed E-state index contributed by atoms with van der Waals surface area (Å²) in [5.41, 5.74) is 3.95. The number of benzene rings is 4. The van der Waals surface area contributed by atoms with Crippen LogP contribution in [0.3, 0.4) is 0 Å². The van der Waals surface area contributed by atoms with Crippen LogP contribution >= 0.6 is 0 Å². The number of ether oxygens (including phenoxy) is 3. The first-order valence-electron chi connectivity index (χ1n) is 19.5. The molecule has 0 aliphatic carbocycles. The van der Waals surface area contributed by atoms with Gasteiger partial charge < -0.3 is 34.7 Å². The smallest absolute Gasteiger partial charge is 0.338 e. The number of esters is 2. The molecule has 4 heterocycles. The second kappa shape index (κ2) is 18.4. The van der Waals surface area contributed by atoms with Crippen LogP contribution in [0.5, 0.6) is 11.5 Å². The first-order valence-corrected chi connectivity index (χ1v) is 19.5. The van der Waals surface area contributed by atoms with Crippen LogP contribution in [-0.2, 0) is 20.9 Å². The highest BCUT2D eigenvalue weighted by atomic mass is 16.5. The molecule has 1 unspecified atom stereocenters. The van der Waals surface area contributed by atoms with E-state index in [1.165, 1.54) is 12.1 Å². The van der Waals surface area contributed by atoms with E-state index < -0.39 is 12.1 Å². The number of hydrogen-bond donors (Lipinski definition) is 4. The molecule has 3 fully saturated rings. The normalized spacial score (nSPS) is 18.6. The van der Waals surface area contributed by atoms with Gasteiger partial charge in [-0.15, -0.1) is 0 Å². The van der Waals surface area contributed by atoms with Gasteiger partial charge in [0.2, 0.25) is 5.56 Å². The Morgan fingerprint density at radius 2 is 1.68 bits per heavy atom. The zero-order valence-corrected chi connectivity index (χ0v) is 31.4. The fraction of sp³-hybridized carbons (Fsp3) is 0.356. The minimum Gasteiger partial charge on any atom is -0.506 e. The SMILES string of the molecule is O=C(CC(c1ccccc1)c1cccc(OCc2ccc(C(=O)OCCCCNC[C@H](O)c3ccc(O)c4[nH]c(=O)ccc34)cc2)c1)O[C@H]1CN2CCC1CC2. The zero-order valence-electron chi connectivity index (χ0n) is 31.4. The number of nitrogens with one attached hydrogen (secondary N) is 2. The van der Waals surface area contributed by atoms with Crippen LogP contribution < -0.4 is 15.6 Å². The van der Waals surface area contributed by atoms with Crippen molar-refractivity contribution in [3.05, 3.63) is 141 Å². The number of aliphatic hydroxyl groups is 1. The Bertz CT molecular complexity index is 2150. The van der Waals surface area contributed by atoms with Crippen LogP contribution in [0.15, 0.2) is 108 Å². The van der Waals surface area contributed by atoms with Crippen LogP contribution in [0.1, 0.15) is 76.7 Å². The molecule has 292 valence electrons. The highest BCUT2D eigenvalue weighted by Gasteiger charge is 2.37. The third-order valence-electron chi connectivity index (χ3n) is 10.9. The molecule has 0 spiro atoms. The Balaban J connectivity index is 0.844. The maximum Gasteiger partial charge on any atom is 0.338 e. The molecule has 0 radical (unpaired) electrons. The van der Waals surface area contributed by atoms with Crippen LogP contribution in [0.25, 0.3) is 10.9 Å². The lowest BCUT2D eigenvalue weighted by Gasteiger charge is -2.44. The lowest BCUT2D eigenvalue weighted by atomic mass is 9.85. The molecule has 3 aliphatic heterocycles. The van der Waals surface area contributed by atoms with Crippen molar-refractivity contribution in [2.45, 2.75) is 56.8 Å². The number of carbonyl (C=O) groups is 2. The molecule has 3 aliphatic rings. The van der Waals surface area contributed by atoms with Gasteiger partial charge in [-0.2, -0.15) is 0 Å². The number of phenolic OH excluding ortho intramolecular Hbond substituents is 1. The number of carbonyl (C=O) groups excluding carboxylic acids is 2. The van der Waals surface area contributed by atoms with E-state index in [0.717, 1.165) is 55.6 Å². The van der Waals surface area contributed by atoms with Crippen LogP contribution in [0, 0.1) is 5.92 Å². The van der Waals surface area contributed by atoms with Gasteiger partial charge in [0.05, 0.1) is 30.2 Å². The largest absolute Gasteiger partial charge is 0.506 e. The number of unbranched alkanes of at least 4 members (excludes halogenated alkanes) is 1. The molecule has 5 aromatic rings. The van der Waals surface area contributed by atoms with E-state index in [2.05, 4.69) is 15.2 Å². The number of aromatic nitrogens is 1. The van der Waals surface area contributed by atoms with Crippen molar-refractivity contribution >= 4 is 22.8 Å². The molecule has 0 amide bonds. The highest BCUT2D eigenvalue weighted by molar-refractivity contribution is 5.89. The fourth-order valence-corrected chi connectivity index (χ4v) is 7.76. The molecular weight excluding hydrogens is 711 g/mol. The van der Waals surface area contributed by atoms with Crippen molar-refractivity contribution in [1.82, 2.24) is 15.2 Å². The van der Waals surface area contributed by atoms with Crippen LogP contribution in [0.2, 0.25) is 0 Å². The maximum absolute atomic E-state index is 13.3. The summed E-state index contributed by atoms with van der Waals surface area (Å²) in [6.45, 7) is 4.49. The number of piperidine rings is 3. The fourth-order valence-electron chi connectivity index (χ4n) is 7.76. The molecule has 11 heteroatoms. The van der Waals surface area contributed by atoms with E-state index in [4.69, 9.17) is 14.2 Å². The zero-order chi connectivity index (χ0) is 38.9. The Kier molecular flexibility index (Phi) is 12.8. The number of phenols is 1. The van der Waals surface area contributed by atoms with Crippen LogP contribution in [-0.4, -0.2) is 77.5 Å². The van der Waals surface area contributed by atoms with E-state index in [9.17, 15) is 24.6 Å². The van der Waals surface area contributed by atoms with E-state index in [1.54, 1.807) is 24.3 Å². The van der Waals surface area contributed by atoms with Crippen molar-refractivity contribution in [1.29, 1.82) is 0 Å². The Labute approximate surface area is 326 Å². The predicted molar refractivity (Wildman–Crippen MR) is 213 cm³/mol. The number of nitrogens with zero attached hydrogens (tertiary/aromatic N) is 1. The molecule has 3 atom stereocenters. The quantitative estimate of drug-likeness (QED) is 0.0635. The van der Waals surface area contributed by atoms with Gasteiger partial charge in [0.15, 0.2) is 0 Å². The van der Waals surface area contributed by atoms with E-state index in [0.29, 0.717) is 53.3 Å². The number of aromatic amines is 1. The van der Waals surface area contributed by atoms with Gasteiger partial charge in [0.25, 0.3) is 0 Å². The molecule has 2 bridgehead atoms. The third kappa shape index (κ3) is 9.84. The highest BCUT2D eigenvalue weighted by Crippen LogP contribution is 2.34. The molecular formula is C45H49N3O8. The molecule has 11 nitrogen and oxygen atoms in total. The van der Waals surface area contributed by atoms with Crippen molar-refractivity contribution in [3.8, 4) is 11.5 Å². The van der Waals surface area contributed by atoms with Gasteiger partial charge in [0, 0.05) is 30.5 Å². The number of hydrogen-bond acceptors (Lipinski definition) is 10. The number of rotatable bonds is 17. The van der Waals surface area contributed by atoms with Crippen molar-refractivity contribution in [3.63, 3.8) is 0 Å². The molecule has 4 aromatic carbocycles. The number of aliphatic hydroxyl groups excluding tert-OH is 1. The lowest BCUT2D eigenvalue weighted by molar-refractivity contribution is -0.159. The molecule has 56 heavy (non-hydrogen) atoms. The van der Waals surface area contributed by atoms with Crippen molar-refractivity contribution < 1.29 is 34.0 Å². The summed E-state index contributed by atoms with van der Waals surface area (Å²) in [5, 5.41) is 24.6. The summed E-state index contributed by atoms with van der Waals surface area (Å²) in [4.78, 5) is 42.6. The number of H-pyrrole nitrogens is 1. The number of aromatic hydroxyl groups is 1. The predicted octanol–water partition coefficient (Wildman–Crippen LogP) is 6.23. The first kappa shape index (κ1) is 38.8. The minimum absolute atomic E-state index is 0.0253. The molecule has 1 aromatic heterocycles.